The number of carbonyl (C=O) groups is 1. The molecule has 0 atom stereocenters. The number of aromatic nitrogens is 2. The molecule has 0 saturated heterocycles. The lowest BCUT2D eigenvalue weighted by atomic mass is 10.0. The summed E-state index contributed by atoms with van der Waals surface area (Å²) in [5.74, 6) is 1.20. The fourth-order valence-electron chi connectivity index (χ4n) is 3.38. The van der Waals surface area contributed by atoms with Crippen molar-refractivity contribution in [3.63, 3.8) is 0 Å². The van der Waals surface area contributed by atoms with E-state index in [9.17, 15) is 4.79 Å². The molecule has 0 N–H and O–H groups in total. The second-order valence-electron chi connectivity index (χ2n) is 6.79. The van der Waals surface area contributed by atoms with E-state index in [0.29, 0.717) is 23.7 Å². The molecule has 0 saturated carbocycles. The van der Waals surface area contributed by atoms with Gasteiger partial charge in [0.15, 0.2) is 17.2 Å². The number of ether oxygens (including phenoxy) is 2. The summed E-state index contributed by atoms with van der Waals surface area (Å²) < 4.78 is 14.7. The first kappa shape index (κ1) is 18.3. The summed E-state index contributed by atoms with van der Waals surface area (Å²) in [5, 5.41) is 5.64. The molecule has 0 fully saturated rings. The van der Waals surface area contributed by atoms with Gasteiger partial charge in [0.1, 0.15) is 0 Å². The summed E-state index contributed by atoms with van der Waals surface area (Å²) in [7, 11) is 0. The van der Waals surface area contributed by atoms with Gasteiger partial charge in [0.25, 0.3) is 5.91 Å². The number of rotatable bonds is 5. The van der Waals surface area contributed by atoms with Crippen molar-refractivity contribution >= 4 is 23.1 Å². The first-order valence-corrected chi connectivity index (χ1v) is 10.2. The number of amides is 1. The van der Waals surface area contributed by atoms with Gasteiger partial charge in [0.2, 0.25) is 6.79 Å². The molecular weight excluding hydrogens is 398 g/mol. The van der Waals surface area contributed by atoms with Crippen LogP contribution < -0.4 is 14.4 Å². The molecule has 6 nitrogen and oxygen atoms in total. The van der Waals surface area contributed by atoms with Gasteiger partial charge in [-0.2, -0.15) is 0 Å². The Morgan fingerprint density at radius 2 is 1.77 bits per heavy atom. The van der Waals surface area contributed by atoms with Crippen molar-refractivity contribution in [1.29, 1.82) is 0 Å². The Balaban J connectivity index is 1.52. The van der Waals surface area contributed by atoms with Gasteiger partial charge in [-0.15, -0.1) is 5.10 Å². The van der Waals surface area contributed by atoms with Crippen molar-refractivity contribution in [2.45, 2.75) is 6.54 Å². The van der Waals surface area contributed by atoms with Gasteiger partial charge in [0, 0.05) is 11.1 Å². The molecule has 1 aromatic heterocycles. The number of fused-ring (bicyclic) bond motifs is 1. The van der Waals surface area contributed by atoms with Crippen LogP contribution in [0.25, 0.3) is 11.1 Å². The van der Waals surface area contributed by atoms with Gasteiger partial charge in [-0.1, -0.05) is 53.0 Å². The largest absolute Gasteiger partial charge is 0.454 e. The molecule has 0 bridgehead atoms. The zero-order valence-corrected chi connectivity index (χ0v) is 16.7. The summed E-state index contributed by atoms with van der Waals surface area (Å²) in [6, 6.07) is 23.7. The standard InChI is InChI=1S/C23H17N3O3S/c27-23(20-14-30-25-24-20)26(13-16-9-10-21-22(11-16)29-15-28-21)19-8-4-7-18(12-19)17-5-2-1-3-6-17/h1-12,14H,13,15H2. The molecule has 30 heavy (non-hydrogen) atoms. The van der Waals surface area contributed by atoms with E-state index in [2.05, 4.69) is 9.59 Å². The predicted molar refractivity (Wildman–Crippen MR) is 115 cm³/mol. The molecule has 148 valence electrons. The summed E-state index contributed by atoms with van der Waals surface area (Å²) in [6.07, 6.45) is 0. The zero-order valence-electron chi connectivity index (χ0n) is 15.9. The number of benzene rings is 3. The van der Waals surface area contributed by atoms with Crippen LogP contribution in [0.1, 0.15) is 16.1 Å². The van der Waals surface area contributed by atoms with Gasteiger partial charge in [-0.25, -0.2) is 0 Å². The van der Waals surface area contributed by atoms with Gasteiger partial charge in [-0.3, -0.25) is 4.79 Å². The normalized spacial score (nSPS) is 12.0. The van der Waals surface area contributed by atoms with Gasteiger partial charge in [0.05, 0.1) is 6.54 Å². The van der Waals surface area contributed by atoms with E-state index in [1.807, 2.05) is 72.8 Å². The van der Waals surface area contributed by atoms with E-state index in [1.54, 1.807) is 10.3 Å². The highest BCUT2D eigenvalue weighted by Gasteiger charge is 2.22. The summed E-state index contributed by atoms with van der Waals surface area (Å²) in [5.41, 5.74) is 4.16. The third-order valence-electron chi connectivity index (χ3n) is 4.87. The number of nitrogens with zero attached hydrogens (tertiary/aromatic N) is 3. The highest BCUT2D eigenvalue weighted by atomic mass is 32.1. The average Bonchev–Trinajstić information content (AvgIpc) is 3.49. The lowest BCUT2D eigenvalue weighted by Gasteiger charge is -2.23. The molecule has 0 spiro atoms. The number of anilines is 1. The van der Waals surface area contributed by atoms with Crippen LogP contribution in [0.5, 0.6) is 11.5 Å². The Bertz CT molecular complexity index is 1180. The number of hydrogen-bond donors (Lipinski definition) is 0. The fraction of sp³-hybridized carbons (Fsp3) is 0.0870. The van der Waals surface area contributed by atoms with E-state index in [1.165, 1.54) is 0 Å². The SMILES string of the molecule is O=C(c1csnn1)N(Cc1ccc2c(c1)OCO2)c1cccc(-c2ccccc2)c1. The Morgan fingerprint density at radius 3 is 2.60 bits per heavy atom. The van der Waals surface area contributed by atoms with E-state index in [4.69, 9.17) is 9.47 Å². The van der Waals surface area contributed by atoms with Gasteiger partial charge >= 0.3 is 0 Å². The molecule has 5 rings (SSSR count). The van der Waals surface area contributed by atoms with Crippen molar-refractivity contribution < 1.29 is 14.3 Å². The van der Waals surface area contributed by atoms with E-state index < -0.39 is 0 Å². The molecular formula is C23H17N3O3S. The first-order valence-electron chi connectivity index (χ1n) is 9.41. The maximum atomic E-state index is 13.3. The molecule has 1 amide bonds. The van der Waals surface area contributed by atoms with Crippen LogP contribution in [0.2, 0.25) is 0 Å². The van der Waals surface area contributed by atoms with Crippen LogP contribution in [-0.2, 0) is 6.54 Å². The third kappa shape index (κ3) is 3.62. The number of hydrogen-bond acceptors (Lipinski definition) is 6. The zero-order chi connectivity index (χ0) is 20.3. The quantitative estimate of drug-likeness (QED) is 0.469. The smallest absolute Gasteiger partial charge is 0.280 e. The minimum atomic E-state index is -0.202. The van der Waals surface area contributed by atoms with Crippen LogP contribution in [0.4, 0.5) is 5.69 Å². The predicted octanol–water partition coefficient (Wildman–Crippen LogP) is 4.78. The molecule has 2 heterocycles. The monoisotopic (exact) mass is 415 g/mol. The molecule has 3 aromatic carbocycles. The first-order chi connectivity index (χ1) is 14.8. The van der Waals surface area contributed by atoms with Crippen LogP contribution in [0, 0.1) is 0 Å². The van der Waals surface area contributed by atoms with Crippen molar-refractivity contribution in [2.75, 3.05) is 11.7 Å². The van der Waals surface area contributed by atoms with Crippen LogP contribution in [-0.4, -0.2) is 22.3 Å². The molecule has 0 aliphatic carbocycles. The Labute approximate surface area is 177 Å². The molecule has 0 unspecified atom stereocenters. The van der Waals surface area contributed by atoms with Crippen LogP contribution in [0.15, 0.2) is 78.2 Å². The van der Waals surface area contributed by atoms with E-state index >= 15 is 0 Å². The topological polar surface area (TPSA) is 64.6 Å². The molecule has 1 aliphatic rings. The Morgan fingerprint density at radius 1 is 0.933 bits per heavy atom. The summed E-state index contributed by atoms with van der Waals surface area (Å²) in [4.78, 5) is 15.0. The molecule has 4 aromatic rings. The maximum absolute atomic E-state index is 13.3. The highest BCUT2D eigenvalue weighted by Crippen LogP contribution is 2.34. The molecule has 1 aliphatic heterocycles. The van der Waals surface area contributed by atoms with E-state index in [-0.39, 0.29) is 12.7 Å². The summed E-state index contributed by atoms with van der Waals surface area (Å²) in [6.45, 7) is 0.580. The second kappa shape index (κ2) is 7.96. The minimum Gasteiger partial charge on any atom is -0.454 e. The Kier molecular flexibility index (Phi) is 4.86. The second-order valence-corrected chi connectivity index (χ2v) is 7.40. The van der Waals surface area contributed by atoms with E-state index in [0.717, 1.165) is 33.9 Å². The average molecular weight is 415 g/mol. The third-order valence-corrected chi connectivity index (χ3v) is 5.37. The Hall–Kier alpha value is -3.71. The van der Waals surface area contributed by atoms with Gasteiger partial charge < -0.3 is 14.4 Å². The van der Waals surface area contributed by atoms with Crippen LogP contribution in [0.3, 0.4) is 0 Å². The van der Waals surface area contributed by atoms with Crippen molar-refractivity contribution in [1.82, 2.24) is 9.59 Å². The van der Waals surface area contributed by atoms with Crippen molar-refractivity contribution in [3.8, 4) is 22.6 Å². The van der Waals surface area contributed by atoms with Gasteiger partial charge in [-0.05, 0) is 52.5 Å². The lowest BCUT2D eigenvalue weighted by molar-refractivity contribution is 0.0980. The van der Waals surface area contributed by atoms with Crippen LogP contribution >= 0.6 is 11.5 Å². The lowest BCUT2D eigenvalue weighted by Crippen LogP contribution is -2.30. The molecule has 7 heteroatoms. The highest BCUT2D eigenvalue weighted by molar-refractivity contribution is 7.03. The fourth-order valence-corrected chi connectivity index (χ4v) is 3.81. The molecule has 0 radical (unpaired) electrons. The maximum Gasteiger partial charge on any atom is 0.280 e. The minimum absolute atomic E-state index is 0.202. The summed E-state index contributed by atoms with van der Waals surface area (Å²) >= 11 is 1.16. The van der Waals surface area contributed by atoms with Crippen molar-refractivity contribution in [2.24, 2.45) is 0 Å². The number of carbonyl (C=O) groups excluding carboxylic acids is 1. The van der Waals surface area contributed by atoms with Crippen molar-refractivity contribution in [3.05, 3.63) is 89.4 Å².